The van der Waals surface area contributed by atoms with E-state index in [0.717, 1.165) is 19.4 Å². The van der Waals surface area contributed by atoms with E-state index in [-0.39, 0.29) is 36.8 Å². The summed E-state index contributed by atoms with van der Waals surface area (Å²) in [4.78, 5) is 36.4. The van der Waals surface area contributed by atoms with Crippen LogP contribution in [0.4, 0.5) is 5.69 Å². The van der Waals surface area contributed by atoms with E-state index < -0.39 is 5.41 Å². The molecule has 0 aliphatic carbocycles. The third kappa shape index (κ3) is 6.67. The Morgan fingerprint density at radius 3 is 2.56 bits per heavy atom. The Morgan fingerprint density at radius 2 is 1.89 bits per heavy atom. The Labute approximate surface area is 160 Å². The Kier molecular flexibility index (Phi) is 7.36. The number of ether oxygens (including phenoxy) is 1. The first-order chi connectivity index (χ1) is 12.8. The number of rotatable bonds is 7. The first kappa shape index (κ1) is 20.9. The first-order valence-corrected chi connectivity index (χ1v) is 9.34. The maximum absolute atomic E-state index is 12.4. The van der Waals surface area contributed by atoms with E-state index in [1.54, 1.807) is 24.3 Å². The van der Waals surface area contributed by atoms with Crippen molar-refractivity contribution in [1.82, 2.24) is 10.6 Å². The van der Waals surface area contributed by atoms with Crippen LogP contribution in [0.1, 0.15) is 50.4 Å². The smallest absolute Gasteiger partial charge is 0.253 e. The minimum atomic E-state index is -0.496. The summed E-state index contributed by atoms with van der Waals surface area (Å²) in [7, 11) is 0. The van der Waals surface area contributed by atoms with Gasteiger partial charge < -0.3 is 20.7 Å². The van der Waals surface area contributed by atoms with Crippen LogP contribution in [0, 0.1) is 5.41 Å². The summed E-state index contributed by atoms with van der Waals surface area (Å²) in [6.07, 6.45) is 2.15. The minimum absolute atomic E-state index is 0.0575. The zero-order chi connectivity index (χ0) is 19.9. The van der Waals surface area contributed by atoms with Crippen molar-refractivity contribution in [3.63, 3.8) is 0 Å². The Balaban J connectivity index is 1.85. The predicted octanol–water partition coefficient (Wildman–Crippen LogP) is 2.09. The fraction of sp³-hybridized carbons (Fsp3) is 0.550. The van der Waals surface area contributed by atoms with Gasteiger partial charge >= 0.3 is 0 Å². The summed E-state index contributed by atoms with van der Waals surface area (Å²) in [5.41, 5.74) is 0.363. The molecule has 0 radical (unpaired) electrons. The monoisotopic (exact) mass is 375 g/mol. The first-order valence-electron chi connectivity index (χ1n) is 9.34. The molecule has 0 saturated carbocycles. The van der Waals surface area contributed by atoms with Crippen molar-refractivity contribution < 1.29 is 19.1 Å². The van der Waals surface area contributed by atoms with Gasteiger partial charge in [-0.3, -0.25) is 14.4 Å². The van der Waals surface area contributed by atoms with Crippen LogP contribution in [-0.2, 0) is 14.3 Å². The zero-order valence-corrected chi connectivity index (χ0v) is 16.3. The Morgan fingerprint density at radius 1 is 1.15 bits per heavy atom. The van der Waals surface area contributed by atoms with Gasteiger partial charge in [0, 0.05) is 31.5 Å². The predicted molar refractivity (Wildman–Crippen MR) is 103 cm³/mol. The molecule has 7 nitrogen and oxygen atoms in total. The molecule has 1 heterocycles. The molecule has 7 heteroatoms. The lowest BCUT2D eigenvalue weighted by Gasteiger charge is -2.17. The van der Waals surface area contributed by atoms with E-state index in [1.807, 2.05) is 20.8 Å². The summed E-state index contributed by atoms with van der Waals surface area (Å²) >= 11 is 0. The quantitative estimate of drug-likeness (QED) is 0.680. The number of carbonyl (C=O) groups excluding carboxylic acids is 3. The maximum Gasteiger partial charge on any atom is 0.253 e. The molecule has 1 atom stereocenters. The standard InChI is InChI=1S/C20H29N3O4/c1-20(2,3)19(26)21-11-10-17(24)23-16-9-5-4-8-15(16)18(25)22-13-14-7-6-12-27-14/h4-5,8-9,14H,6-7,10-13H2,1-3H3,(H,21,26)(H,22,25)(H,23,24). The number of hydrogen-bond donors (Lipinski definition) is 3. The highest BCUT2D eigenvalue weighted by Gasteiger charge is 2.21. The lowest BCUT2D eigenvalue weighted by atomic mass is 9.96. The van der Waals surface area contributed by atoms with Gasteiger partial charge in [-0.15, -0.1) is 0 Å². The van der Waals surface area contributed by atoms with Gasteiger partial charge in [0.25, 0.3) is 5.91 Å². The molecule has 3 N–H and O–H groups in total. The third-order valence-corrected chi connectivity index (χ3v) is 4.28. The van der Waals surface area contributed by atoms with Crippen molar-refractivity contribution in [1.29, 1.82) is 0 Å². The Hall–Kier alpha value is -2.41. The number of para-hydroxylation sites is 1. The molecule has 3 amide bonds. The molecule has 1 saturated heterocycles. The molecule has 0 aromatic heterocycles. The van der Waals surface area contributed by atoms with E-state index in [1.165, 1.54) is 0 Å². The maximum atomic E-state index is 12.4. The molecule has 27 heavy (non-hydrogen) atoms. The van der Waals surface area contributed by atoms with Crippen molar-refractivity contribution in [3.05, 3.63) is 29.8 Å². The molecule has 2 rings (SSSR count). The molecule has 1 aliphatic rings. The second kappa shape index (κ2) is 9.50. The fourth-order valence-corrected chi connectivity index (χ4v) is 2.66. The van der Waals surface area contributed by atoms with Gasteiger partial charge in [-0.05, 0) is 25.0 Å². The molecule has 0 bridgehead atoms. The summed E-state index contributed by atoms with van der Waals surface area (Å²) in [6.45, 7) is 6.88. The topological polar surface area (TPSA) is 96.5 Å². The number of anilines is 1. The van der Waals surface area contributed by atoms with Gasteiger partial charge in [-0.2, -0.15) is 0 Å². The molecule has 148 valence electrons. The van der Waals surface area contributed by atoms with Gasteiger partial charge in [-0.25, -0.2) is 0 Å². The van der Waals surface area contributed by atoms with Crippen LogP contribution < -0.4 is 16.0 Å². The van der Waals surface area contributed by atoms with Crippen molar-refractivity contribution in [2.24, 2.45) is 5.41 Å². The molecule has 1 fully saturated rings. The van der Waals surface area contributed by atoms with Gasteiger partial charge in [0.15, 0.2) is 0 Å². The lowest BCUT2D eigenvalue weighted by molar-refractivity contribution is -0.128. The Bertz CT molecular complexity index is 676. The van der Waals surface area contributed by atoms with Crippen LogP contribution in [0.5, 0.6) is 0 Å². The SMILES string of the molecule is CC(C)(C)C(=O)NCCC(=O)Nc1ccccc1C(=O)NCC1CCCO1. The molecule has 1 aliphatic heterocycles. The second-order valence-corrected chi connectivity index (χ2v) is 7.69. The van der Waals surface area contributed by atoms with Crippen LogP contribution in [0.2, 0.25) is 0 Å². The largest absolute Gasteiger partial charge is 0.376 e. The molecule has 1 unspecified atom stereocenters. The molecule has 1 aromatic rings. The summed E-state index contributed by atoms with van der Waals surface area (Å²) in [6, 6.07) is 6.86. The van der Waals surface area contributed by atoms with Crippen molar-refractivity contribution in [2.45, 2.75) is 46.1 Å². The summed E-state index contributed by atoms with van der Waals surface area (Å²) in [5.74, 6) is -0.616. The number of carbonyl (C=O) groups is 3. The van der Waals surface area contributed by atoms with Crippen LogP contribution in [-0.4, -0.2) is 43.5 Å². The number of amides is 3. The number of benzene rings is 1. The van der Waals surface area contributed by atoms with Gasteiger partial charge in [-0.1, -0.05) is 32.9 Å². The molecule has 1 aromatic carbocycles. The normalized spacial score (nSPS) is 16.6. The van der Waals surface area contributed by atoms with E-state index in [4.69, 9.17) is 4.74 Å². The highest BCUT2D eigenvalue weighted by Crippen LogP contribution is 2.16. The van der Waals surface area contributed by atoms with Crippen molar-refractivity contribution in [3.8, 4) is 0 Å². The zero-order valence-electron chi connectivity index (χ0n) is 16.3. The fourth-order valence-electron chi connectivity index (χ4n) is 2.66. The number of nitrogens with one attached hydrogen (secondary N) is 3. The highest BCUT2D eigenvalue weighted by molar-refractivity contribution is 6.03. The van der Waals surface area contributed by atoms with E-state index in [0.29, 0.717) is 17.8 Å². The number of hydrogen-bond acceptors (Lipinski definition) is 4. The van der Waals surface area contributed by atoms with Gasteiger partial charge in [0.2, 0.25) is 11.8 Å². The molecular weight excluding hydrogens is 346 g/mol. The van der Waals surface area contributed by atoms with E-state index in [2.05, 4.69) is 16.0 Å². The summed E-state index contributed by atoms with van der Waals surface area (Å²) in [5, 5.41) is 8.34. The van der Waals surface area contributed by atoms with E-state index in [9.17, 15) is 14.4 Å². The van der Waals surface area contributed by atoms with Crippen LogP contribution in [0.3, 0.4) is 0 Å². The van der Waals surface area contributed by atoms with Crippen LogP contribution in [0.15, 0.2) is 24.3 Å². The highest BCUT2D eigenvalue weighted by atomic mass is 16.5. The second-order valence-electron chi connectivity index (χ2n) is 7.69. The summed E-state index contributed by atoms with van der Waals surface area (Å²) < 4.78 is 5.50. The van der Waals surface area contributed by atoms with E-state index >= 15 is 0 Å². The van der Waals surface area contributed by atoms with Crippen LogP contribution in [0.25, 0.3) is 0 Å². The molecule has 0 spiro atoms. The van der Waals surface area contributed by atoms with Crippen molar-refractivity contribution >= 4 is 23.4 Å². The van der Waals surface area contributed by atoms with Gasteiger partial charge in [0.1, 0.15) is 0 Å². The van der Waals surface area contributed by atoms with Crippen molar-refractivity contribution in [2.75, 3.05) is 25.0 Å². The molecular formula is C20H29N3O4. The van der Waals surface area contributed by atoms with Crippen LogP contribution >= 0.6 is 0 Å². The minimum Gasteiger partial charge on any atom is -0.376 e. The lowest BCUT2D eigenvalue weighted by Crippen LogP contribution is -2.36. The average molecular weight is 375 g/mol. The average Bonchev–Trinajstić information content (AvgIpc) is 3.12. The van der Waals surface area contributed by atoms with Gasteiger partial charge in [0.05, 0.1) is 17.4 Å². The third-order valence-electron chi connectivity index (χ3n) is 4.28.